The summed E-state index contributed by atoms with van der Waals surface area (Å²) in [5, 5.41) is 3.39. The zero-order valence-electron chi connectivity index (χ0n) is 10.6. The van der Waals surface area contributed by atoms with Gasteiger partial charge in [-0.15, -0.1) is 0 Å². The van der Waals surface area contributed by atoms with Crippen molar-refractivity contribution in [1.29, 1.82) is 0 Å². The van der Waals surface area contributed by atoms with Crippen LogP contribution in [0.3, 0.4) is 0 Å². The van der Waals surface area contributed by atoms with Crippen molar-refractivity contribution < 1.29 is 0 Å². The fourth-order valence-electron chi connectivity index (χ4n) is 2.75. The van der Waals surface area contributed by atoms with Crippen LogP contribution in [-0.4, -0.2) is 15.0 Å². The summed E-state index contributed by atoms with van der Waals surface area (Å²) in [6.07, 6.45) is 4.08. The molecule has 0 radical (unpaired) electrons. The first-order valence-corrected chi connectivity index (χ1v) is 6.15. The molecule has 0 amide bonds. The van der Waals surface area contributed by atoms with Crippen molar-refractivity contribution in [2.24, 2.45) is 0 Å². The number of fused-ring (bicyclic) bond motifs is 1. The van der Waals surface area contributed by atoms with Crippen molar-refractivity contribution in [1.82, 2.24) is 15.0 Å². The molecule has 4 heteroatoms. The largest absolute Gasteiger partial charge is 0.347 e. The second-order valence-electron chi connectivity index (χ2n) is 5.33. The Morgan fingerprint density at radius 2 is 1.89 bits per heavy atom. The Balaban J connectivity index is 1.92. The van der Waals surface area contributed by atoms with E-state index in [4.69, 9.17) is 0 Å². The van der Waals surface area contributed by atoms with Gasteiger partial charge in [0.15, 0.2) is 0 Å². The summed E-state index contributed by atoms with van der Waals surface area (Å²) >= 11 is 0. The number of aromatic nitrogens is 3. The monoisotopic (exact) mass is 240 g/mol. The van der Waals surface area contributed by atoms with Crippen LogP contribution in [0.5, 0.6) is 0 Å². The normalized spacial score (nSPS) is 20.4. The van der Waals surface area contributed by atoms with E-state index in [1.807, 2.05) is 0 Å². The Morgan fingerprint density at radius 3 is 2.67 bits per heavy atom. The van der Waals surface area contributed by atoms with E-state index < -0.39 is 0 Å². The molecule has 0 bridgehead atoms. The van der Waals surface area contributed by atoms with Crippen LogP contribution in [0, 0.1) is 0 Å². The molecule has 1 N–H and O–H groups in total. The van der Waals surface area contributed by atoms with Crippen LogP contribution < -0.4 is 5.32 Å². The van der Waals surface area contributed by atoms with Crippen molar-refractivity contribution in [3.05, 3.63) is 48.0 Å². The summed E-state index contributed by atoms with van der Waals surface area (Å²) in [5.41, 5.74) is 2.96. The van der Waals surface area contributed by atoms with Gasteiger partial charge >= 0.3 is 0 Å². The van der Waals surface area contributed by atoms with Crippen molar-refractivity contribution >= 4 is 5.95 Å². The fraction of sp³-hybridized carbons (Fsp3) is 0.357. The average Bonchev–Trinajstić information content (AvgIpc) is 2.63. The highest BCUT2D eigenvalue weighted by Gasteiger charge is 2.36. The number of hydrogen-bond donors (Lipinski definition) is 1. The molecule has 4 nitrogen and oxygen atoms in total. The van der Waals surface area contributed by atoms with Gasteiger partial charge in [-0.1, -0.05) is 38.1 Å². The Labute approximate surface area is 107 Å². The lowest BCUT2D eigenvalue weighted by molar-refractivity contribution is 0.492. The molecule has 1 aromatic carbocycles. The van der Waals surface area contributed by atoms with Gasteiger partial charge in [0.1, 0.15) is 12.7 Å². The summed E-state index contributed by atoms with van der Waals surface area (Å²) in [6.45, 7) is 4.56. The summed E-state index contributed by atoms with van der Waals surface area (Å²) in [4.78, 5) is 12.1. The Kier molecular flexibility index (Phi) is 2.51. The topological polar surface area (TPSA) is 50.7 Å². The summed E-state index contributed by atoms with van der Waals surface area (Å²) < 4.78 is 0. The Morgan fingerprint density at radius 1 is 1.17 bits per heavy atom. The molecule has 1 aliphatic rings. The third-order valence-electron chi connectivity index (χ3n) is 3.58. The molecule has 1 heterocycles. The van der Waals surface area contributed by atoms with E-state index in [1.54, 1.807) is 0 Å². The van der Waals surface area contributed by atoms with Crippen LogP contribution >= 0.6 is 0 Å². The van der Waals surface area contributed by atoms with Crippen molar-refractivity contribution in [2.45, 2.75) is 31.7 Å². The van der Waals surface area contributed by atoms with Crippen molar-refractivity contribution in [2.75, 3.05) is 5.32 Å². The van der Waals surface area contributed by atoms with E-state index >= 15 is 0 Å². The summed E-state index contributed by atoms with van der Waals surface area (Å²) in [7, 11) is 0. The zero-order chi connectivity index (χ0) is 12.6. The highest BCUT2D eigenvalue weighted by atomic mass is 15.1. The number of rotatable bonds is 2. The van der Waals surface area contributed by atoms with E-state index in [0.29, 0.717) is 5.95 Å². The molecule has 0 aliphatic heterocycles. The van der Waals surface area contributed by atoms with Gasteiger partial charge < -0.3 is 5.32 Å². The van der Waals surface area contributed by atoms with Gasteiger partial charge in [0.2, 0.25) is 5.95 Å². The highest BCUT2D eigenvalue weighted by molar-refractivity contribution is 5.45. The maximum absolute atomic E-state index is 4.13. The van der Waals surface area contributed by atoms with Gasteiger partial charge in [-0.05, 0) is 23.0 Å². The molecular weight excluding hydrogens is 224 g/mol. The SMILES string of the molecule is CC1(C)C[C@H](Nc2ncncn2)c2ccccc21. The van der Waals surface area contributed by atoms with Gasteiger partial charge in [-0.3, -0.25) is 0 Å². The lowest BCUT2D eigenvalue weighted by Crippen LogP contribution is -2.15. The molecule has 92 valence electrons. The van der Waals surface area contributed by atoms with Crippen LogP contribution in [0.2, 0.25) is 0 Å². The molecule has 0 saturated carbocycles. The minimum Gasteiger partial charge on any atom is -0.347 e. The highest BCUT2D eigenvalue weighted by Crippen LogP contribution is 2.45. The summed E-state index contributed by atoms with van der Waals surface area (Å²) in [5.74, 6) is 0.641. The van der Waals surface area contributed by atoms with Gasteiger partial charge in [0.05, 0.1) is 6.04 Å². The van der Waals surface area contributed by atoms with E-state index in [9.17, 15) is 0 Å². The molecular formula is C14H16N4. The smallest absolute Gasteiger partial charge is 0.226 e. The third-order valence-corrected chi connectivity index (χ3v) is 3.58. The lowest BCUT2D eigenvalue weighted by atomic mass is 9.86. The molecule has 1 aliphatic carbocycles. The average molecular weight is 240 g/mol. The molecule has 18 heavy (non-hydrogen) atoms. The van der Waals surface area contributed by atoms with Crippen molar-refractivity contribution in [3.8, 4) is 0 Å². The second-order valence-corrected chi connectivity index (χ2v) is 5.33. The number of hydrogen-bond acceptors (Lipinski definition) is 4. The van der Waals surface area contributed by atoms with Gasteiger partial charge in [-0.2, -0.15) is 0 Å². The van der Waals surface area contributed by atoms with Crippen LogP contribution in [0.4, 0.5) is 5.95 Å². The molecule has 1 atom stereocenters. The minimum atomic E-state index is 0.196. The molecule has 0 fully saturated rings. The van der Waals surface area contributed by atoms with Crippen LogP contribution in [0.15, 0.2) is 36.9 Å². The van der Waals surface area contributed by atoms with E-state index in [0.717, 1.165) is 6.42 Å². The zero-order valence-corrected chi connectivity index (χ0v) is 10.6. The molecule has 3 rings (SSSR count). The number of anilines is 1. The Hall–Kier alpha value is -1.97. The first kappa shape index (κ1) is 11.1. The first-order valence-electron chi connectivity index (χ1n) is 6.15. The van der Waals surface area contributed by atoms with Gasteiger partial charge in [0.25, 0.3) is 0 Å². The molecule has 0 spiro atoms. The lowest BCUT2D eigenvalue weighted by Gasteiger charge is -2.19. The second kappa shape index (κ2) is 4.05. The van der Waals surface area contributed by atoms with E-state index in [2.05, 4.69) is 58.4 Å². The standard InChI is InChI=1S/C14H16N4/c1-14(2)7-12(10-5-3-4-6-11(10)14)18-13-16-8-15-9-17-13/h3-6,8-9,12H,7H2,1-2H3,(H,15,16,17,18)/t12-/m0/s1. The molecule has 2 aromatic rings. The van der Waals surface area contributed by atoms with Crippen LogP contribution in [-0.2, 0) is 5.41 Å². The van der Waals surface area contributed by atoms with E-state index in [1.165, 1.54) is 23.8 Å². The maximum Gasteiger partial charge on any atom is 0.226 e. The maximum atomic E-state index is 4.13. The first-order chi connectivity index (χ1) is 8.67. The Bertz CT molecular complexity index is 551. The molecule has 1 aromatic heterocycles. The number of nitrogens with one attached hydrogen (secondary N) is 1. The van der Waals surface area contributed by atoms with Crippen molar-refractivity contribution in [3.63, 3.8) is 0 Å². The van der Waals surface area contributed by atoms with Crippen LogP contribution in [0.1, 0.15) is 37.4 Å². The quantitative estimate of drug-likeness (QED) is 0.876. The number of benzene rings is 1. The van der Waals surface area contributed by atoms with Crippen LogP contribution in [0.25, 0.3) is 0 Å². The third kappa shape index (κ3) is 1.83. The predicted molar refractivity (Wildman–Crippen MR) is 70.3 cm³/mol. The molecule has 0 unspecified atom stereocenters. The summed E-state index contributed by atoms with van der Waals surface area (Å²) in [6, 6.07) is 8.86. The van der Waals surface area contributed by atoms with Gasteiger partial charge in [0, 0.05) is 0 Å². The van der Waals surface area contributed by atoms with Gasteiger partial charge in [-0.25, -0.2) is 15.0 Å². The molecule has 0 saturated heterocycles. The fourth-order valence-corrected chi connectivity index (χ4v) is 2.75. The van der Waals surface area contributed by atoms with E-state index in [-0.39, 0.29) is 11.5 Å². The minimum absolute atomic E-state index is 0.196. The predicted octanol–water partition coefficient (Wildman–Crippen LogP) is 2.71. The number of nitrogens with zero attached hydrogens (tertiary/aromatic N) is 3.